The summed E-state index contributed by atoms with van der Waals surface area (Å²) < 4.78 is 2.04. The molecule has 1 aromatic rings. The van der Waals surface area contributed by atoms with Crippen LogP contribution in [0.4, 0.5) is 0 Å². The van der Waals surface area contributed by atoms with Crippen LogP contribution in [-0.4, -0.2) is 21.0 Å². The normalized spacial score (nSPS) is 14.2. The van der Waals surface area contributed by atoms with E-state index in [0.29, 0.717) is 12.5 Å². The summed E-state index contributed by atoms with van der Waals surface area (Å²) in [5.74, 6) is 0. The molecule has 1 N–H and O–H groups in total. The van der Waals surface area contributed by atoms with E-state index in [9.17, 15) is 5.11 Å². The van der Waals surface area contributed by atoms with Crippen LogP contribution >= 0.6 is 0 Å². The van der Waals surface area contributed by atoms with Crippen molar-refractivity contribution in [2.45, 2.75) is 72.4 Å². The molecule has 0 spiro atoms. The molecule has 3 nitrogen and oxygen atoms in total. The van der Waals surface area contributed by atoms with E-state index in [0.717, 1.165) is 25.0 Å². The number of aliphatic hydroxyl groups excluding tert-OH is 1. The molecule has 0 aliphatic carbocycles. The number of aromatic nitrogens is 2. The van der Waals surface area contributed by atoms with Crippen molar-refractivity contribution in [1.29, 1.82) is 0 Å². The summed E-state index contributed by atoms with van der Waals surface area (Å²) in [5, 5.41) is 14.8. The minimum absolute atomic E-state index is 0.0430. The van der Waals surface area contributed by atoms with Crippen molar-refractivity contribution in [3.8, 4) is 0 Å². The summed E-state index contributed by atoms with van der Waals surface area (Å²) in [6, 6.07) is 2.52. The van der Waals surface area contributed by atoms with Gasteiger partial charge in [0.1, 0.15) is 0 Å². The third-order valence-electron chi connectivity index (χ3n) is 4.20. The summed E-state index contributed by atoms with van der Waals surface area (Å²) in [5.41, 5.74) is 0.953. The molecular formula is C15H28N2O. The standard InChI is InChI=1S/C15H28N2O/c1-6-13(7-2)17-10-9-12(16-17)11-14(18)15(4,5)8-3/h9-10,13-14,18H,6-8,11H2,1-5H3. The van der Waals surface area contributed by atoms with Gasteiger partial charge in [0, 0.05) is 12.6 Å². The molecule has 1 heterocycles. The maximum Gasteiger partial charge on any atom is 0.0650 e. The van der Waals surface area contributed by atoms with Crippen molar-refractivity contribution < 1.29 is 5.11 Å². The molecule has 18 heavy (non-hydrogen) atoms. The van der Waals surface area contributed by atoms with E-state index in [1.165, 1.54) is 0 Å². The van der Waals surface area contributed by atoms with Gasteiger partial charge in [0.25, 0.3) is 0 Å². The number of rotatable bonds is 7. The highest BCUT2D eigenvalue weighted by molar-refractivity contribution is 5.03. The first-order valence-corrected chi connectivity index (χ1v) is 7.16. The first-order chi connectivity index (χ1) is 8.44. The Labute approximate surface area is 111 Å². The van der Waals surface area contributed by atoms with Gasteiger partial charge in [-0.15, -0.1) is 0 Å². The molecule has 1 unspecified atom stereocenters. The van der Waals surface area contributed by atoms with Crippen LogP contribution < -0.4 is 0 Å². The van der Waals surface area contributed by atoms with Gasteiger partial charge in [-0.1, -0.05) is 34.6 Å². The molecule has 0 fully saturated rings. The molecule has 0 aromatic carbocycles. The molecule has 0 saturated heterocycles. The van der Waals surface area contributed by atoms with Crippen molar-refractivity contribution in [1.82, 2.24) is 9.78 Å². The molecule has 1 atom stereocenters. The summed E-state index contributed by atoms with van der Waals surface area (Å²) in [6.07, 6.45) is 5.53. The van der Waals surface area contributed by atoms with E-state index in [1.54, 1.807) is 0 Å². The van der Waals surface area contributed by atoms with Gasteiger partial charge < -0.3 is 5.11 Å². The Morgan fingerprint density at radius 2 is 1.89 bits per heavy atom. The Morgan fingerprint density at radius 3 is 2.39 bits per heavy atom. The summed E-state index contributed by atoms with van der Waals surface area (Å²) in [4.78, 5) is 0. The number of aliphatic hydroxyl groups is 1. The highest BCUT2D eigenvalue weighted by atomic mass is 16.3. The SMILES string of the molecule is CCC(CC)n1ccc(CC(O)C(C)(C)CC)n1. The van der Waals surface area contributed by atoms with Gasteiger partial charge in [-0.25, -0.2) is 0 Å². The molecule has 1 rings (SSSR count). The van der Waals surface area contributed by atoms with Crippen LogP contribution in [-0.2, 0) is 6.42 Å². The van der Waals surface area contributed by atoms with E-state index in [4.69, 9.17) is 0 Å². The Balaban J connectivity index is 2.70. The van der Waals surface area contributed by atoms with Crippen molar-refractivity contribution in [2.24, 2.45) is 5.41 Å². The van der Waals surface area contributed by atoms with Gasteiger partial charge in [0.2, 0.25) is 0 Å². The third kappa shape index (κ3) is 3.58. The van der Waals surface area contributed by atoms with Gasteiger partial charge >= 0.3 is 0 Å². The zero-order valence-corrected chi connectivity index (χ0v) is 12.5. The van der Waals surface area contributed by atoms with E-state index in [-0.39, 0.29) is 11.5 Å². The van der Waals surface area contributed by atoms with E-state index < -0.39 is 0 Å². The summed E-state index contributed by atoms with van der Waals surface area (Å²) in [7, 11) is 0. The lowest BCUT2D eigenvalue weighted by atomic mass is 9.82. The maximum atomic E-state index is 10.2. The molecule has 0 aliphatic rings. The number of hydrogen-bond acceptors (Lipinski definition) is 2. The predicted molar refractivity (Wildman–Crippen MR) is 75.6 cm³/mol. The van der Waals surface area contributed by atoms with E-state index in [1.807, 2.05) is 16.9 Å². The van der Waals surface area contributed by atoms with Gasteiger partial charge in [-0.3, -0.25) is 4.68 Å². The first kappa shape index (κ1) is 15.2. The lowest BCUT2D eigenvalue weighted by Gasteiger charge is -2.28. The minimum atomic E-state index is -0.326. The topological polar surface area (TPSA) is 38.0 Å². The van der Waals surface area contributed by atoms with Gasteiger partial charge in [-0.05, 0) is 30.7 Å². The average molecular weight is 252 g/mol. The second kappa shape index (κ2) is 6.37. The van der Waals surface area contributed by atoms with Crippen LogP contribution in [0.5, 0.6) is 0 Å². The van der Waals surface area contributed by atoms with Crippen LogP contribution in [0.25, 0.3) is 0 Å². The molecule has 0 bridgehead atoms. The fourth-order valence-electron chi connectivity index (χ4n) is 2.06. The molecule has 0 aliphatic heterocycles. The Kier molecular flexibility index (Phi) is 5.39. The van der Waals surface area contributed by atoms with Crippen molar-refractivity contribution >= 4 is 0 Å². The van der Waals surface area contributed by atoms with Crippen molar-refractivity contribution in [3.63, 3.8) is 0 Å². The van der Waals surface area contributed by atoms with Gasteiger partial charge in [-0.2, -0.15) is 5.10 Å². The lowest BCUT2D eigenvalue weighted by molar-refractivity contribution is 0.0470. The number of nitrogens with zero attached hydrogens (tertiary/aromatic N) is 2. The second-order valence-electron chi connectivity index (χ2n) is 5.82. The zero-order valence-electron chi connectivity index (χ0n) is 12.5. The van der Waals surface area contributed by atoms with E-state index >= 15 is 0 Å². The minimum Gasteiger partial charge on any atom is -0.392 e. The maximum absolute atomic E-state index is 10.2. The average Bonchev–Trinajstić information content (AvgIpc) is 2.79. The zero-order chi connectivity index (χ0) is 13.8. The van der Waals surface area contributed by atoms with Crippen molar-refractivity contribution in [3.05, 3.63) is 18.0 Å². The molecule has 3 heteroatoms. The van der Waals surface area contributed by atoms with Crippen LogP contribution in [0.15, 0.2) is 12.3 Å². The quantitative estimate of drug-likeness (QED) is 0.805. The molecule has 0 saturated carbocycles. The Morgan fingerprint density at radius 1 is 1.28 bits per heavy atom. The van der Waals surface area contributed by atoms with Crippen LogP contribution in [0.3, 0.4) is 0 Å². The van der Waals surface area contributed by atoms with Gasteiger partial charge in [0.05, 0.1) is 17.8 Å². The van der Waals surface area contributed by atoms with Crippen LogP contribution in [0, 0.1) is 5.41 Å². The highest BCUT2D eigenvalue weighted by Crippen LogP contribution is 2.27. The Hall–Kier alpha value is -0.830. The third-order valence-corrected chi connectivity index (χ3v) is 4.20. The fraction of sp³-hybridized carbons (Fsp3) is 0.800. The summed E-state index contributed by atoms with van der Waals surface area (Å²) in [6.45, 7) is 10.7. The largest absolute Gasteiger partial charge is 0.392 e. The van der Waals surface area contributed by atoms with Crippen molar-refractivity contribution in [2.75, 3.05) is 0 Å². The summed E-state index contributed by atoms with van der Waals surface area (Å²) >= 11 is 0. The highest BCUT2D eigenvalue weighted by Gasteiger charge is 2.26. The molecule has 0 radical (unpaired) electrons. The predicted octanol–water partition coefficient (Wildman–Crippen LogP) is 3.58. The van der Waals surface area contributed by atoms with Crippen LogP contribution in [0.1, 0.15) is 65.6 Å². The smallest absolute Gasteiger partial charge is 0.0650 e. The van der Waals surface area contributed by atoms with Crippen LogP contribution in [0.2, 0.25) is 0 Å². The van der Waals surface area contributed by atoms with E-state index in [2.05, 4.69) is 39.7 Å². The number of hydrogen-bond donors (Lipinski definition) is 1. The molecule has 0 amide bonds. The molecular weight excluding hydrogens is 224 g/mol. The molecule has 1 aromatic heterocycles. The van der Waals surface area contributed by atoms with Gasteiger partial charge in [0.15, 0.2) is 0 Å². The molecule has 104 valence electrons. The fourth-order valence-corrected chi connectivity index (χ4v) is 2.06. The Bertz CT molecular complexity index is 353. The lowest BCUT2D eigenvalue weighted by Crippen LogP contribution is -2.30. The second-order valence-corrected chi connectivity index (χ2v) is 5.82. The monoisotopic (exact) mass is 252 g/mol. The first-order valence-electron chi connectivity index (χ1n) is 7.16.